The molecule has 0 saturated heterocycles. The number of nitrogens with one attached hydrogen (secondary N) is 2. The third-order valence-electron chi connectivity index (χ3n) is 4.01. The Morgan fingerprint density at radius 2 is 2.19 bits per heavy atom. The number of carbonyl (C=O) groups excluding carboxylic acids is 1. The molecule has 6 nitrogen and oxygen atoms in total. The van der Waals surface area contributed by atoms with Crippen LogP contribution in [0.4, 0.5) is 5.82 Å². The summed E-state index contributed by atoms with van der Waals surface area (Å²) in [4.78, 5) is 17.6. The normalized spacial score (nSPS) is 14.4. The standard InChI is InChI=1S/C15H15N5O/c16-14-10-8-20(6-5-12(10)18-19-14)15(21)13-7-9-3-1-2-4-11(9)17-13/h1-4,7,17H,5-6,8H2,(H3,16,18,19). The summed E-state index contributed by atoms with van der Waals surface area (Å²) in [6, 6.07) is 9.77. The number of hydrogen-bond donors (Lipinski definition) is 3. The summed E-state index contributed by atoms with van der Waals surface area (Å²) >= 11 is 0. The molecule has 0 spiro atoms. The van der Waals surface area contributed by atoms with Gasteiger partial charge in [0, 0.05) is 35.1 Å². The molecule has 0 fully saturated rings. The molecule has 1 aliphatic rings. The molecule has 106 valence electrons. The van der Waals surface area contributed by atoms with Crippen molar-refractivity contribution in [2.75, 3.05) is 12.3 Å². The quantitative estimate of drug-likeness (QED) is 0.633. The molecule has 3 heterocycles. The van der Waals surface area contributed by atoms with Crippen LogP contribution in [0, 0.1) is 0 Å². The zero-order valence-electron chi connectivity index (χ0n) is 11.4. The lowest BCUT2D eigenvalue weighted by Gasteiger charge is -2.26. The van der Waals surface area contributed by atoms with E-state index in [0.717, 1.165) is 28.6 Å². The minimum absolute atomic E-state index is 0.00236. The summed E-state index contributed by atoms with van der Waals surface area (Å²) in [5, 5.41) is 7.98. The molecule has 1 aliphatic heterocycles. The Morgan fingerprint density at radius 3 is 3.05 bits per heavy atom. The first kappa shape index (κ1) is 12.0. The smallest absolute Gasteiger partial charge is 0.270 e. The van der Waals surface area contributed by atoms with E-state index >= 15 is 0 Å². The fraction of sp³-hybridized carbons (Fsp3) is 0.200. The molecule has 1 amide bonds. The van der Waals surface area contributed by atoms with Gasteiger partial charge in [-0.25, -0.2) is 0 Å². The average Bonchev–Trinajstić information content (AvgIpc) is 3.10. The Kier molecular flexibility index (Phi) is 2.50. The Hall–Kier alpha value is -2.76. The number of nitrogens with zero attached hydrogens (tertiary/aromatic N) is 2. The molecule has 1 aromatic carbocycles. The van der Waals surface area contributed by atoms with Gasteiger partial charge < -0.3 is 15.6 Å². The number of H-pyrrole nitrogens is 2. The molecule has 2 aromatic heterocycles. The highest BCUT2D eigenvalue weighted by atomic mass is 16.2. The van der Waals surface area contributed by atoms with Crippen molar-refractivity contribution in [1.29, 1.82) is 0 Å². The van der Waals surface area contributed by atoms with Crippen LogP contribution in [0.1, 0.15) is 21.7 Å². The number of para-hydroxylation sites is 1. The van der Waals surface area contributed by atoms with E-state index in [1.807, 2.05) is 30.3 Å². The second-order valence-electron chi connectivity index (χ2n) is 5.31. The third-order valence-corrected chi connectivity index (χ3v) is 4.01. The van der Waals surface area contributed by atoms with Gasteiger partial charge in [-0.05, 0) is 12.1 Å². The van der Waals surface area contributed by atoms with Gasteiger partial charge in [0.05, 0.1) is 6.54 Å². The van der Waals surface area contributed by atoms with Gasteiger partial charge in [-0.3, -0.25) is 9.89 Å². The molecule has 0 atom stereocenters. The first-order valence-electron chi connectivity index (χ1n) is 6.91. The fourth-order valence-corrected chi connectivity index (χ4v) is 2.85. The van der Waals surface area contributed by atoms with E-state index in [2.05, 4.69) is 15.2 Å². The van der Waals surface area contributed by atoms with E-state index in [1.165, 1.54) is 0 Å². The summed E-state index contributed by atoms with van der Waals surface area (Å²) in [5.41, 5.74) is 9.39. The van der Waals surface area contributed by atoms with Crippen molar-refractivity contribution in [2.24, 2.45) is 0 Å². The number of fused-ring (bicyclic) bond motifs is 2. The highest BCUT2D eigenvalue weighted by Crippen LogP contribution is 2.24. The number of rotatable bonds is 1. The number of carbonyl (C=O) groups is 1. The van der Waals surface area contributed by atoms with Crippen molar-refractivity contribution in [3.8, 4) is 0 Å². The van der Waals surface area contributed by atoms with E-state index in [9.17, 15) is 4.79 Å². The Morgan fingerprint density at radius 1 is 1.33 bits per heavy atom. The van der Waals surface area contributed by atoms with Gasteiger partial charge in [0.25, 0.3) is 5.91 Å². The Balaban J connectivity index is 1.65. The largest absolute Gasteiger partial charge is 0.382 e. The maximum Gasteiger partial charge on any atom is 0.270 e. The molecule has 6 heteroatoms. The number of aromatic amines is 2. The van der Waals surface area contributed by atoms with Gasteiger partial charge in [-0.1, -0.05) is 18.2 Å². The van der Waals surface area contributed by atoms with Crippen LogP contribution in [0.2, 0.25) is 0 Å². The first-order chi connectivity index (χ1) is 10.2. The first-order valence-corrected chi connectivity index (χ1v) is 6.91. The van der Waals surface area contributed by atoms with Crippen LogP contribution in [-0.4, -0.2) is 32.5 Å². The maximum absolute atomic E-state index is 12.6. The maximum atomic E-state index is 12.6. The lowest BCUT2D eigenvalue weighted by atomic mass is 10.1. The minimum atomic E-state index is -0.00236. The summed E-state index contributed by atoms with van der Waals surface area (Å²) in [7, 11) is 0. The number of anilines is 1. The fourth-order valence-electron chi connectivity index (χ4n) is 2.85. The van der Waals surface area contributed by atoms with Crippen molar-refractivity contribution in [2.45, 2.75) is 13.0 Å². The van der Waals surface area contributed by atoms with E-state index in [4.69, 9.17) is 5.73 Å². The Labute approximate surface area is 120 Å². The van der Waals surface area contributed by atoms with Gasteiger partial charge in [-0.2, -0.15) is 5.10 Å². The average molecular weight is 281 g/mol. The second-order valence-corrected chi connectivity index (χ2v) is 5.31. The minimum Gasteiger partial charge on any atom is -0.382 e. The van der Waals surface area contributed by atoms with E-state index in [0.29, 0.717) is 24.6 Å². The third kappa shape index (κ3) is 1.87. The second kappa shape index (κ2) is 4.37. The summed E-state index contributed by atoms with van der Waals surface area (Å²) < 4.78 is 0. The van der Waals surface area contributed by atoms with Crippen molar-refractivity contribution >= 4 is 22.6 Å². The lowest BCUT2D eigenvalue weighted by molar-refractivity contribution is 0.0730. The van der Waals surface area contributed by atoms with Crippen LogP contribution in [0.25, 0.3) is 10.9 Å². The molecule has 3 aromatic rings. The SMILES string of the molecule is Nc1n[nH]c2c1CN(C(=O)c1cc3ccccc3[nH]1)CC2. The molecule has 0 unspecified atom stereocenters. The number of hydrogen-bond acceptors (Lipinski definition) is 3. The number of aromatic nitrogens is 3. The molecular weight excluding hydrogens is 266 g/mol. The van der Waals surface area contributed by atoms with Crippen LogP contribution in [0.15, 0.2) is 30.3 Å². The summed E-state index contributed by atoms with van der Waals surface area (Å²) in [6.45, 7) is 1.18. The monoisotopic (exact) mass is 281 g/mol. The zero-order valence-corrected chi connectivity index (χ0v) is 11.4. The molecule has 0 bridgehead atoms. The van der Waals surface area contributed by atoms with Crippen LogP contribution < -0.4 is 5.73 Å². The number of nitrogen functional groups attached to an aromatic ring is 1. The van der Waals surface area contributed by atoms with Crippen molar-refractivity contribution in [1.82, 2.24) is 20.1 Å². The van der Waals surface area contributed by atoms with Gasteiger partial charge in [0.15, 0.2) is 0 Å². The van der Waals surface area contributed by atoms with Crippen molar-refractivity contribution in [3.63, 3.8) is 0 Å². The lowest BCUT2D eigenvalue weighted by Crippen LogP contribution is -2.36. The van der Waals surface area contributed by atoms with E-state index < -0.39 is 0 Å². The molecule has 4 N–H and O–H groups in total. The molecule has 0 radical (unpaired) electrons. The molecule has 0 saturated carbocycles. The van der Waals surface area contributed by atoms with Crippen molar-refractivity contribution in [3.05, 3.63) is 47.3 Å². The van der Waals surface area contributed by atoms with Gasteiger partial charge in [0.2, 0.25) is 0 Å². The topological polar surface area (TPSA) is 90.8 Å². The van der Waals surface area contributed by atoms with Crippen molar-refractivity contribution < 1.29 is 4.79 Å². The van der Waals surface area contributed by atoms with E-state index in [-0.39, 0.29) is 5.91 Å². The van der Waals surface area contributed by atoms with Gasteiger partial charge in [0.1, 0.15) is 11.5 Å². The number of nitrogens with two attached hydrogens (primary N) is 1. The van der Waals surface area contributed by atoms with E-state index in [1.54, 1.807) is 4.90 Å². The molecule has 21 heavy (non-hydrogen) atoms. The van der Waals surface area contributed by atoms with Crippen LogP contribution in [0.3, 0.4) is 0 Å². The summed E-state index contributed by atoms with van der Waals surface area (Å²) in [5.74, 6) is 0.483. The highest BCUT2D eigenvalue weighted by Gasteiger charge is 2.25. The molecule has 0 aliphatic carbocycles. The number of amides is 1. The summed E-state index contributed by atoms with van der Waals surface area (Å²) in [6.07, 6.45) is 0.755. The Bertz CT molecular complexity index is 799. The predicted octanol–water partition coefficient (Wildman–Crippen LogP) is 1.67. The van der Waals surface area contributed by atoms with Gasteiger partial charge >= 0.3 is 0 Å². The zero-order chi connectivity index (χ0) is 14.4. The van der Waals surface area contributed by atoms with Gasteiger partial charge in [-0.15, -0.1) is 0 Å². The van der Waals surface area contributed by atoms with Crippen LogP contribution in [0.5, 0.6) is 0 Å². The number of benzene rings is 1. The predicted molar refractivity (Wildman–Crippen MR) is 79.7 cm³/mol. The van der Waals surface area contributed by atoms with Crippen LogP contribution >= 0.6 is 0 Å². The highest BCUT2D eigenvalue weighted by molar-refractivity contribution is 5.98. The van der Waals surface area contributed by atoms with Crippen LogP contribution in [-0.2, 0) is 13.0 Å². The molecule has 4 rings (SSSR count). The molecular formula is C15H15N5O.